The van der Waals surface area contributed by atoms with E-state index >= 15 is 0 Å². The molecular formula is C15H20F3N3O2. The third-order valence-corrected chi connectivity index (χ3v) is 5.79. The second kappa shape index (κ2) is 4.62. The summed E-state index contributed by atoms with van der Waals surface area (Å²) in [6.45, 7) is 1.91. The van der Waals surface area contributed by atoms with Crippen molar-refractivity contribution in [2.24, 2.45) is 5.92 Å². The van der Waals surface area contributed by atoms with Crippen LogP contribution in [-0.4, -0.2) is 64.5 Å². The molecule has 23 heavy (non-hydrogen) atoms. The normalized spacial score (nSPS) is 37.7. The smallest absolute Gasteiger partial charge is 0.335 e. The summed E-state index contributed by atoms with van der Waals surface area (Å²) in [6, 6.07) is -0.150. The van der Waals surface area contributed by atoms with E-state index in [2.05, 4.69) is 5.32 Å². The van der Waals surface area contributed by atoms with Crippen molar-refractivity contribution in [3.8, 4) is 0 Å². The minimum atomic E-state index is -4.85. The molecule has 128 valence electrons. The number of fused-ring (bicyclic) bond motifs is 1. The van der Waals surface area contributed by atoms with Crippen molar-refractivity contribution in [3.05, 3.63) is 0 Å². The van der Waals surface area contributed by atoms with Crippen LogP contribution in [0.4, 0.5) is 13.2 Å². The molecule has 0 bridgehead atoms. The molecule has 0 aromatic rings. The molecule has 4 atom stereocenters. The summed E-state index contributed by atoms with van der Waals surface area (Å²) in [5, 5.41) is 3.30. The Labute approximate surface area is 132 Å². The summed E-state index contributed by atoms with van der Waals surface area (Å²) >= 11 is 0. The highest BCUT2D eigenvalue weighted by Crippen LogP contribution is 2.47. The lowest BCUT2D eigenvalue weighted by Gasteiger charge is -2.46. The van der Waals surface area contributed by atoms with E-state index < -0.39 is 23.7 Å². The zero-order valence-corrected chi connectivity index (χ0v) is 12.9. The van der Waals surface area contributed by atoms with Gasteiger partial charge < -0.3 is 15.1 Å². The van der Waals surface area contributed by atoms with Gasteiger partial charge in [0.15, 0.2) is 0 Å². The topological polar surface area (TPSA) is 52.7 Å². The molecule has 2 saturated carbocycles. The fourth-order valence-electron chi connectivity index (χ4n) is 4.15. The predicted molar refractivity (Wildman–Crippen MR) is 74.3 cm³/mol. The van der Waals surface area contributed by atoms with Crippen molar-refractivity contribution in [1.82, 2.24) is 15.1 Å². The van der Waals surface area contributed by atoms with E-state index in [0.717, 1.165) is 17.7 Å². The number of piperazine rings is 1. The zero-order chi connectivity index (χ0) is 16.6. The molecule has 0 radical (unpaired) electrons. The van der Waals surface area contributed by atoms with Crippen molar-refractivity contribution in [2.45, 2.75) is 62.4 Å². The van der Waals surface area contributed by atoms with Crippen molar-refractivity contribution in [1.29, 1.82) is 0 Å². The standard InChI is InChI=1S/C15H20F3N3O2/c1-8-6-21(13(23)15(16,17)18)14(2-3-14)7-20(8)12(22)11-5-9-4-10(9)19-11/h8-11,19H,2-7H2,1H3/t8-,9+,10+,11-/m0/s1. The highest BCUT2D eigenvalue weighted by atomic mass is 19.4. The second-order valence-corrected chi connectivity index (χ2v) is 7.51. The van der Waals surface area contributed by atoms with Crippen LogP contribution in [0.2, 0.25) is 0 Å². The van der Waals surface area contributed by atoms with Crippen molar-refractivity contribution in [2.75, 3.05) is 13.1 Å². The van der Waals surface area contributed by atoms with Crippen LogP contribution in [0.5, 0.6) is 0 Å². The van der Waals surface area contributed by atoms with Gasteiger partial charge in [-0.25, -0.2) is 0 Å². The van der Waals surface area contributed by atoms with Gasteiger partial charge in [0, 0.05) is 25.2 Å². The minimum absolute atomic E-state index is 0.0184. The first-order chi connectivity index (χ1) is 10.7. The molecule has 5 nitrogen and oxygen atoms in total. The number of rotatable bonds is 1. The Kier molecular flexibility index (Phi) is 3.06. The van der Waals surface area contributed by atoms with Gasteiger partial charge in [-0.3, -0.25) is 9.59 Å². The number of halogens is 3. The molecule has 0 aromatic carbocycles. The van der Waals surface area contributed by atoms with Crippen LogP contribution < -0.4 is 5.32 Å². The molecule has 8 heteroatoms. The monoisotopic (exact) mass is 331 g/mol. The SMILES string of the molecule is C[C@H]1CN(C(=O)C(F)(F)F)C2(CC2)CN1C(=O)[C@@H]1C[C@H]2C[C@H]2N1. The van der Waals surface area contributed by atoms with E-state index in [9.17, 15) is 22.8 Å². The molecule has 4 aliphatic rings. The third-order valence-electron chi connectivity index (χ3n) is 5.79. The van der Waals surface area contributed by atoms with Gasteiger partial charge in [-0.15, -0.1) is 0 Å². The Morgan fingerprint density at radius 3 is 2.43 bits per heavy atom. The molecule has 1 spiro atoms. The fraction of sp³-hybridized carbons (Fsp3) is 0.867. The van der Waals surface area contributed by atoms with Crippen molar-refractivity contribution >= 4 is 11.8 Å². The third kappa shape index (κ3) is 2.42. The first kappa shape index (κ1) is 15.2. The first-order valence-electron chi connectivity index (χ1n) is 8.17. The number of nitrogens with zero attached hydrogens (tertiary/aromatic N) is 2. The molecular weight excluding hydrogens is 311 g/mol. The van der Waals surface area contributed by atoms with Gasteiger partial charge in [0.1, 0.15) is 0 Å². The van der Waals surface area contributed by atoms with Crippen LogP contribution in [0.3, 0.4) is 0 Å². The second-order valence-electron chi connectivity index (χ2n) is 7.51. The maximum atomic E-state index is 12.8. The molecule has 0 unspecified atom stereocenters. The number of hydrogen-bond acceptors (Lipinski definition) is 3. The Morgan fingerprint density at radius 2 is 1.91 bits per heavy atom. The number of hydrogen-bond donors (Lipinski definition) is 1. The van der Waals surface area contributed by atoms with Crippen LogP contribution >= 0.6 is 0 Å². The van der Waals surface area contributed by atoms with Gasteiger partial charge >= 0.3 is 12.1 Å². The average molecular weight is 331 g/mol. The van der Waals surface area contributed by atoms with Crippen LogP contribution in [0.1, 0.15) is 32.6 Å². The number of carbonyl (C=O) groups is 2. The maximum Gasteiger partial charge on any atom is 0.471 e. The van der Waals surface area contributed by atoms with E-state index in [1.165, 1.54) is 0 Å². The van der Waals surface area contributed by atoms with Gasteiger partial charge in [-0.05, 0) is 38.5 Å². The summed E-state index contributed by atoms with van der Waals surface area (Å²) in [7, 11) is 0. The summed E-state index contributed by atoms with van der Waals surface area (Å²) in [4.78, 5) is 27.0. The zero-order valence-electron chi connectivity index (χ0n) is 12.9. The van der Waals surface area contributed by atoms with Crippen LogP contribution in [0.25, 0.3) is 0 Å². The lowest BCUT2D eigenvalue weighted by Crippen LogP contribution is -2.65. The van der Waals surface area contributed by atoms with Gasteiger partial charge in [0.25, 0.3) is 0 Å². The molecule has 1 N–H and O–H groups in total. The predicted octanol–water partition coefficient (Wildman–Crippen LogP) is 0.891. The van der Waals surface area contributed by atoms with E-state index in [1.807, 2.05) is 0 Å². The first-order valence-corrected chi connectivity index (χ1v) is 8.17. The Morgan fingerprint density at radius 1 is 1.22 bits per heavy atom. The molecule has 2 heterocycles. The molecule has 0 aromatic heterocycles. The van der Waals surface area contributed by atoms with Gasteiger partial charge in [-0.2, -0.15) is 13.2 Å². The van der Waals surface area contributed by atoms with Crippen molar-refractivity contribution < 1.29 is 22.8 Å². The van der Waals surface area contributed by atoms with Crippen LogP contribution in [0.15, 0.2) is 0 Å². The Hall–Kier alpha value is -1.31. The largest absolute Gasteiger partial charge is 0.471 e. The molecule has 4 fully saturated rings. The number of nitrogens with one attached hydrogen (secondary N) is 1. The Balaban J connectivity index is 1.48. The van der Waals surface area contributed by atoms with Gasteiger partial charge in [0.05, 0.1) is 11.6 Å². The van der Waals surface area contributed by atoms with Gasteiger partial charge in [0.2, 0.25) is 5.91 Å². The number of alkyl halides is 3. The quantitative estimate of drug-likeness (QED) is 0.776. The van der Waals surface area contributed by atoms with E-state index in [4.69, 9.17) is 0 Å². The number of piperidine rings is 1. The molecule has 2 aliphatic heterocycles. The summed E-state index contributed by atoms with van der Waals surface area (Å²) in [5.74, 6) is -1.20. The van der Waals surface area contributed by atoms with Crippen molar-refractivity contribution in [3.63, 3.8) is 0 Å². The lowest BCUT2D eigenvalue weighted by atomic mass is 10.0. The number of amides is 2. The van der Waals surface area contributed by atoms with E-state index in [-0.39, 0.29) is 25.0 Å². The fourth-order valence-corrected chi connectivity index (χ4v) is 4.15. The molecule has 2 amide bonds. The van der Waals surface area contributed by atoms with E-state index in [1.54, 1.807) is 11.8 Å². The highest BCUT2D eigenvalue weighted by Gasteiger charge is 2.60. The molecule has 2 aliphatic carbocycles. The summed E-state index contributed by atoms with van der Waals surface area (Å²) in [5.41, 5.74) is -0.795. The summed E-state index contributed by atoms with van der Waals surface area (Å²) < 4.78 is 38.4. The lowest BCUT2D eigenvalue weighted by molar-refractivity contribution is -0.193. The van der Waals surface area contributed by atoms with Crippen LogP contribution in [0, 0.1) is 5.92 Å². The minimum Gasteiger partial charge on any atom is -0.335 e. The van der Waals surface area contributed by atoms with E-state index in [0.29, 0.717) is 24.8 Å². The maximum absolute atomic E-state index is 12.8. The van der Waals surface area contributed by atoms with Gasteiger partial charge in [-0.1, -0.05) is 0 Å². The molecule has 2 saturated heterocycles. The summed E-state index contributed by atoms with van der Waals surface area (Å²) in [6.07, 6.45) is -1.83. The molecule has 4 rings (SSSR count). The Bertz CT molecular complexity index is 551. The van der Waals surface area contributed by atoms with Crippen LogP contribution in [-0.2, 0) is 9.59 Å². The number of carbonyl (C=O) groups excluding carboxylic acids is 2. The average Bonchev–Trinajstić information content (AvgIpc) is 3.38. The highest BCUT2D eigenvalue weighted by molar-refractivity contribution is 5.86.